The average molecular weight is 446 g/mol. The summed E-state index contributed by atoms with van der Waals surface area (Å²) in [6, 6.07) is 16.9. The Morgan fingerprint density at radius 3 is 2.52 bits per heavy atom. The van der Waals surface area contributed by atoms with Gasteiger partial charge in [0.15, 0.2) is 6.61 Å². The molecule has 0 N–H and O–H groups in total. The van der Waals surface area contributed by atoms with Gasteiger partial charge < -0.3 is 9.64 Å². The topological polar surface area (TPSA) is 88.2 Å². The Hall–Kier alpha value is -4.25. The zero-order valence-electron chi connectivity index (χ0n) is 18.4. The maximum atomic E-state index is 13.2. The summed E-state index contributed by atoms with van der Waals surface area (Å²) >= 11 is 0. The first kappa shape index (κ1) is 23.4. The smallest absolute Gasteiger partial charge is 0.331 e. The molecule has 0 spiro atoms. The number of benzene rings is 2. The minimum Gasteiger partial charge on any atom is -0.452 e. The monoisotopic (exact) mass is 446 g/mol. The molecule has 1 aromatic heterocycles. The molecule has 2 aromatic carbocycles. The second kappa shape index (κ2) is 10.9. The van der Waals surface area contributed by atoms with Crippen LogP contribution >= 0.6 is 0 Å². The second-order valence-electron chi connectivity index (χ2n) is 7.20. The number of amides is 1. The van der Waals surface area contributed by atoms with Crippen LogP contribution in [0.3, 0.4) is 0 Å². The van der Waals surface area contributed by atoms with Crippen LogP contribution in [-0.2, 0) is 14.3 Å². The normalized spacial score (nSPS) is 10.7. The first-order chi connectivity index (χ1) is 15.9. The lowest BCUT2D eigenvalue weighted by Crippen LogP contribution is -2.35. The van der Waals surface area contributed by atoms with Gasteiger partial charge in [-0.05, 0) is 56.3 Å². The van der Waals surface area contributed by atoms with Crippen molar-refractivity contribution in [1.29, 1.82) is 5.26 Å². The molecule has 0 radical (unpaired) electrons. The number of anilines is 1. The number of ether oxygens (including phenoxy) is 1. The summed E-state index contributed by atoms with van der Waals surface area (Å²) < 4.78 is 20.1. The van der Waals surface area contributed by atoms with Crippen LogP contribution in [0.5, 0.6) is 0 Å². The Morgan fingerprint density at radius 2 is 1.85 bits per heavy atom. The molecule has 0 aliphatic heterocycles. The lowest BCUT2D eigenvalue weighted by atomic mass is 10.2. The van der Waals surface area contributed by atoms with Gasteiger partial charge >= 0.3 is 5.97 Å². The van der Waals surface area contributed by atoms with E-state index in [0.29, 0.717) is 5.69 Å². The number of carbonyl (C=O) groups excluding carboxylic acids is 2. The molecule has 0 atom stereocenters. The second-order valence-corrected chi connectivity index (χ2v) is 7.20. The average Bonchev–Trinajstić information content (AvgIpc) is 3.11. The van der Waals surface area contributed by atoms with Crippen molar-refractivity contribution in [3.8, 4) is 11.8 Å². The molecule has 1 heterocycles. The van der Waals surface area contributed by atoms with Crippen molar-refractivity contribution in [3.63, 3.8) is 0 Å². The van der Waals surface area contributed by atoms with E-state index < -0.39 is 24.3 Å². The van der Waals surface area contributed by atoms with Crippen molar-refractivity contribution >= 4 is 23.6 Å². The molecular weight excluding hydrogens is 423 g/mol. The van der Waals surface area contributed by atoms with E-state index in [-0.39, 0.29) is 13.0 Å². The SMILES string of the molecule is Cc1nn(-c2ccccc2)c(C)c1C=CC(=O)OCC(=O)N(CCC#N)c1ccc(F)cc1. The van der Waals surface area contributed by atoms with Crippen LogP contribution in [0.1, 0.15) is 23.4 Å². The highest BCUT2D eigenvalue weighted by Gasteiger charge is 2.17. The van der Waals surface area contributed by atoms with E-state index in [4.69, 9.17) is 10.00 Å². The van der Waals surface area contributed by atoms with Gasteiger partial charge in [-0.2, -0.15) is 10.4 Å². The number of rotatable bonds is 8. The summed E-state index contributed by atoms with van der Waals surface area (Å²) in [7, 11) is 0. The highest BCUT2D eigenvalue weighted by Crippen LogP contribution is 2.19. The molecule has 0 saturated carbocycles. The van der Waals surface area contributed by atoms with Crippen molar-refractivity contribution in [2.75, 3.05) is 18.1 Å². The number of halogens is 1. The Bertz CT molecular complexity index is 1190. The lowest BCUT2D eigenvalue weighted by Gasteiger charge is -2.21. The number of para-hydroxylation sites is 1. The third-order valence-corrected chi connectivity index (χ3v) is 4.96. The first-order valence-electron chi connectivity index (χ1n) is 10.3. The van der Waals surface area contributed by atoms with Gasteiger partial charge in [-0.1, -0.05) is 18.2 Å². The van der Waals surface area contributed by atoms with Crippen LogP contribution in [0, 0.1) is 31.0 Å². The summed E-state index contributed by atoms with van der Waals surface area (Å²) in [6.45, 7) is 3.34. The molecule has 0 fully saturated rings. The van der Waals surface area contributed by atoms with Crippen molar-refractivity contribution in [3.05, 3.63) is 83.4 Å². The minimum atomic E-state index is -0.686. The van der Waals surface area contributed by atoms with Gasteiger partial charge in [0.1, 0.15) is 5.82 Å². The predicted octanol–water partition coefficient (Wildman–Crippen LogP) is 4.13. The van der Waals surface area contributed by atoms with Gasteiger partial charge in [0.25, 0.3) is 5.91 Å². The van der Waals surface area contributed by atoms with Crippen LogP contribution in [0.25, 0.3) is 11.8 Å². The minimum absolute atomic E-state index is 0.0842. The fraction of sp³-hybridized carbons (Fsp3) is 0.200. The molecule has 0 bridgehead atoms. The van der Waals surface area contributed by atoms with E-state index in [9.17, 15) is 14.0 Å². The molecule has 33 heavy (non-hydrogen) atoms. The first-order valence-corrected chi connectivity index (χ1v) is 10.3. The molecule has 1 amide bonds. The van der Waals surface area contributed by atoms with Crippen molar-refractivity contribution in [1.82, 2.24) is 9.78 Å². The number of carbonyl (C=O) groups is 2. The van der Waals surface area contributed by atoms with Gasteiger partial charge in [0.05, 0.1) is 23.9 Å². The third-order valence-electron chi connectivity index (χ3n) is 4.96. The van der Waals surface area contributed by atoms with Crippen molar-refractivity contribution < 1.29 is 18.7 Å². The quantitative estimate of drug-likeness (QED) is 0.383. The molecule has 168 valence electrons. The maximum Gasteiger partial charge on any atom is 0.331 e. The fourth-order valence-electron chi connectivity index (χ4n) is 3.31. The lowest BCUT2D eigenvalue weighted by molar-refractivity contribution is -0.142. The van der Waals surface area contributed by atoms with Crippen LogP contribution in [0.15, 0.2) is 60.7 Å². The summed E-state index contributed by atoms with van der Waals surface area (Å²) in [5, 5.41) is 13.4. The Balaban J connectivity index is 1.65. The van der Waals surface area contributed by atoms with Crippen LogP contribution in [0.2, 0.25) is 0 Å². The van der Waals surface area contributed by atoms with Crippen molar-refractivity contribution in [2.45, 2.75) is 20.3 Å². The van der Waals surface area contributed by atoms with E-state index in [1.165, 1.54) is 35.2 Å². The Morgan fingerprint density at radius 1 is 1.15 bits per heavy atom. The van der Waals surface area contributed by atoms with E-state index >= 15 is 0 Å². The highest BCUT2D eigenvalue weighted by molar-refractivity contribution is 5.96. The number of aromatic nitrogens is 2. The van der Waals surface area contributed by atoms with Gasteiger partial charge in [-0.25, -0.2) is 13.9 Å². The molecule has 0 saturated heterocycles. The molecule has 3 rings (SSSR count). The third kappa shape index (κ3) is 5.92. The van der Waals surface area contributed by atoms with Gasteiger partial charge in [0, 0.05) is 29.6 Å². The zero-order valence-corrected chi connectivity index (χ0v) is 18.4. The number of hydrogen-bond acceptors (Lipinski definition) is 5. The summed E-state index contributed by atoms with van der Waals surface area (Å²) in [5.74, 6) is -1.64. The van der Waals surface area contributed by atoms with E-state index in [1.807, 2.05) is 50.2 Å². The number of nitriles is 1. The van der Waals surface area contributed by atoms with Gasteiger partial charge in [-0.3, -0.25) is 4.79 Å². The van der Waals surface area contributed by atoms with E-state index in [0.717, 1.165) is 22.6 Å². The molecule has 0 aliphatic carbocycles. The van der Waals surface area contributed by atoms with Crippen molar-refractivity contribution in [2.24, 2.45) is 0 Å². The Kier molecular flexibility index (Phi) is 7.71. The Labute approximate surface area is 191 Å². The molecular formula is C25H23FN4O3. The van der Waals surface area contributed by atoms with Crippen LogP contribution in [-0.4, -0.2) is 34.8 Å². The molecule has 7 nitrogen and oxygen atoms in total. The maximum absolute atomic E-state index is 13.2. The molecule has 0 aliphatic rings. The summed E-state index contributed by atoms with van der Waals surface area (Å²) in [4.78, 5) is 26.1. The predicted molar refractivity (Wildman–Crippen MR) is 122 cm³/mol. The standard InChI is InChI=1S/C25H23FN4O3/c1-18-23(19(2)30(28-18)22-7-4-3-5-8-22)13-14-25(32)33-17-24(31)29(16-6-15-27)21-11-9-20(26)10-12-21/h3-5,7-14H,6,16-17H2,1-2H3. The number of hydrogen-bond donors (Lipinski definition) is 0. The number of esters is 1. The molecule has 3 aromatic rings. The number of aryl methyl sites for hydroxylation is 1. The molecule has 8 heteroatoms. The van der Waals surface area contributed by atoms with Gasteiger partial charge in [-0.15, -0.1) is 0 Å². The fourth-order valence-corrected chi connectivity index (χ4v) is 3.31. The largest absolute Gasteiger partial charge is 0.452 e. The van der Waals surface area contributed by atoms with Crippen LogP contribution in [0.4, 0.5) is 10.1 Å². The van der Waals surface area contributed by atoms with Crippen LogP contribution < -0.4 is 4.90 Å². The zero-order chi connectivity index (χ0) is 23.8. The summed E-state index contributed by atoms with van der Waals surface area (Å²) in [5.41, 5.74) is 3.71. The van der Waals surface area contributed by atoms with Gasteiger partial charge in [0.2, 0.25) is 0 Å². The molecule has 0 unspecified atom stereocenters. The van der Waals surface area contributed by atoms with E-state index in [2.05, 4.69) is 5.10 Å². The summed E-state index contributed by atoms with van der Waals surface area (Å²) in [6.07, 6.45) is 2.94. The number of nitrogens with zero attached hydrogens (tertiary/aromatic N) is 4. The highest BCUT2D eigenvalue weighted by atomic mass is 19.1. The van der Waals surface area contributed by atoms with E-state index in [1.54, 1.807) is 10.8 Å².